The SMILES string of the molecule is COCCOCc1nnc(CO)n1C1CC1. The quantitative estimate of drug-likeness (QED) is 0.677. The molecule has 1 heterocycles. The van der Waals surface area contributed by atoms with E-state index in [1.807, 2.05) is 4.57 Å². The molecule has 6 heteroatoms. The fourth-order valence-electron chi connectivity index (χ4n) is 1.63. The molecule has 1 aliphatic carbocycles. The van der Waals surface area contributed by atoms with Crippen molar-refractivity contribution in [2.24, 2.45) is 0 Å². The van der Waals surface area contributed by atoms with E-state index >= 15 is 0 Å². The predicted octanol–water partition coefficient (Wildman–Crippen LogP) is 0.268. The molecule has 2 rings (SSSR count). The summed E-state index contributed by atoms with van der Waals surface area (Å²) in [6, 6.07) is 0.457. The Morgan fingerprint density at radius 1 is 1.31 bits per heavy atom. The fourth-order valence-corrected chi connectivity index (χ4v) is 1.63. The van der Waals surface area contributed by atoms with E-state index in [0.717, 1.165) is 18.7 Å². The van der Waals surface area contributed by atoms with Crippen LogP contribution in [-0.4, -0.2) is 40.2 Å². The average Bonchev–Trinajstić information content (AvgIpc) is 3.06. The van der Waals surface area contributed by atoms with Gasteiger partial charge in [-0.05, 0) is 12.8 Å². The summed E-state index contributed by atoms with van der Waals surface area (Å²) in [5.74, 6) is 1.43. The summed E-state index contributed by atoms with van der Waals surface area (Å²) in [7, 11) is 1.64. The van der Waals surface area contributed by atoms with Crippen LogP contribution in [0.5, 0.6) is 0 Å². The number of aliphatic hydroxyl groups is 1. The maximum Gasteiger partial charge on any atom is 0.159 e. The Morgan fingerprint density at radius 3 is 2.69 bits per heavy atom. The van der Waals surface area contributed by atoms with E-state index < -0.39 is 0 Å². The molecule has 90 valence electrons. The van der Waals surface area contributed by atoms with Crippen molar-refractivity contribution < 1.29 is 14.6 Å². The molecule has 0 bridgehead atoms. The molecule has 0 unspecified atom stereocenters. The molecule has 1 aromatic heterocycles. The molecule has 16 heavy (non-hydrogen) atoms. The van der Waals surface area contributed by atoms with E-state index in [1.165, 1.54) is 0 Å². The maximum atomic E-state index is 9.13. The summed E-state index contributed by atoms with van der Waals surface area (Å²) in [5, 5.41) is 17.1. The van der Waals surface area contributed by atoms with Crippen molar-refractivity contribution >= 4 is 0 Å². The molecule has 0 radical (unpaired) electrons. The maximum absolute atomic E-state index is 9.13. The van der Waals surface area contributed by atoms with Gasteiger partial charge in [0.15, 0.2) is 11.6 Å². The summed E-state index contributed by atoms with van der Waals surface area (Å²) in [6.45, 7) is 1.47. The highest BCUT2D eigenvalue weighted by molar-refractivity contribution is 5.01. The molecular formula is C10H17N3O3. The Kier molecular flexibility index (Phi) is 3.87. The number of rotatable bonds is 7. The largest absolute Gasteiger partial charge is 0.388 e. The number of methoxy groups -OCH3 is 1. The van der Waals surface area contributed by atoms with Crippen LogP contribution in [0.15, 0.2) is 0 Å². The Bertz CT molecular complexity index is 336. The molecule has 1 aromatic rings. The first kappa shape index (κ1) is 11.5. The van der Waals surface area contributed by atoms with Crippen LogP contribution in [0.2, 0.25) is 0 Å². The lowest BCUT2D eigenvalue weighted by Crippen LogP contribution is -2.09. The van der Waals surface area contributed by atoms with Crippen molar-refractivity contribution in [3.8, 4) is 0 Å². The van der Waals surface area contributed by atoms with Crippen molar-refractivity contribution in [1.82, 2.24) is 14.8 Å². The molecule has 0 atom stereocenters. The Balaban J connectivity index is 1.94. The Labute approximate surface area is 94.2 Å². The molecule has 0 saturated heterocycles. The van der Waals surface area contributed by atoms with Crippen LogP contribution in [0.3, 0.4) is 0 Å². The van der Waals surface area contributed by atoms with Crippen LogP contribution in [0.1, 0.15) is 30.5 Å². The number of aliphatic hydroxyl groups excluding tert-OH is 1. The van der Waals surface area contributed by atoms with Gasteiger partial charge in [-0.3, -0.25) is 0 Å². The first-order chi connectivity index (χ1) is 7.86. The first-order valence-corrected chi connectivity index (χ1v) is 5.47. The van der Waals surface area contributed by atoms with Gasteiger partial charge in [-0.15, -0.1) is 10.2 Å². The number of nitrogens with zero attached hydrogens (tertiary/aromatic N) is 3. The second kappa shape index (κ2) is 5.38. The number of hydrogen-bond acceptors (Lipinski definition) is 5. The molecule has 1 N–H and O–H groups in total. The van der Waals surface area contributed by atoms with Crippen LogP contribution >= 0.6 is 0 Å². The van der Waals surface area contributed by atoms with Gasteiger partial charge in [-0.25, -0.2) is 0 Å². The normalized spacial score (nSPS) is 15.6. The summed E-state index contributed by atoms with van der Waals surface area (Å²) < 4.78 is 12.3. The van der Waals surface area contributed by atoms with E-state index in [4.69, 9.17) is 14.6 Å². The molecule has 1 fully saturated rings. The molecular weight excluding hydrogens is 210 g/mol. The van der Waals surface area contributed by atoms with Crippen molar-refractivity contribution in [3.63, 3.8) is 0 Å². The fraction of sp³-hybridized carbons (Fsp3) is 0.800. The van der Waals surface area contributed by atoms with Gasteiger partial charge in [0.25, 0.3) is 0 Å². The molecule has 0 amide bonds. The average molecular weight is 227 g/mol. The summed E-state index contributed by atoms with van der Waals surface area (Å²) >= 11 is 0. The van der Waals surface area contributed by atoms with Gasteiger partial charge in [0.2, 0.25) is 0 Å². The summed E-state index contributed by atoms with van der Waals surface area (Å²) in [6.07, 6.45) is 2.27. The topological polar surface area (TPSA) is 69.4 Å². The number of hydrogen-bond donors (Lipinski definition) is 1. The minimum atomic E-state index is -0.0679. The number of aromatic nitrogens is 3. The van der Waals surface area contributed by atoms with Crippen LogP contribution in [0.25, 0.3) is 0 Å². The second-order valence-corrected chi connectivity index (χ2v) is 3.84. The highest BCUT2D eigenvalue weighted by Crippen LogP contribution is 2.36. The lowest BCUT2D eigenvalue weighted by molar-refractivity contribution is 0.0570. The first-order valence-electron chi connectivity index (χ1n) is 5.47. The van der Waals surface area contributed by atoms with Crippen molar-refractivity contribution in [1.29, 1.82) is 0 Å². The minimum Gasteiger partial charge on any atom is -0.388 e. The van der Waals surface area contributed by atoms with Gasteiger partial charge in [-0.1, -0.05) is 0 Å². The Hall–Kier alpha value is -0.980. The molecule has 6 nitrogen and oxygen atoms in total. The molecule has 0 aliphatic heterocycles. The van der Waals surface area contributed by atoms with Gasteiger partial charge < -0.3 is 19.1 Å². The second-order valence-electron chi connectivity index (χ2n) is 3.84. The van der Waals surface area contributed by atoms with E-state index in [1.54, 1.807) is 7.11 Å². The van der Waals surface area contributed by atoms with Crippen LogP contribution in [0.4, 0.5) is 0 Å². The van der Waals surface area contributed by atoms with Gasteiger partial charge in [0.05, 0.1) is 13.2 Å². The van der Waals surface area contributed by atoms with E-state index in [-0.39, 0.29) is 6.61 Å². The van der Waals surface area contributed by atoms with Gasteiger partial charge in [-0.2, -0.15) is 0 Å². The number of ether oxygens (including phenoxy) is 2. The van der Waals surface area contributed by atoms with E-state index in [0.29, 0.717) is 31.7 Å². The lowest BCUT2D eigenvalue weighted by Gasteiger charge is -2.07. The highest BCUT2D eigenvalue weighted by Gasteiger charge is 2.28. The zero-order chi connectivity index (χ0) is 11.4. The molecule has 1 aliphatic rings. The smallest absolute Gasteiger partial charge is 0.159 e. The van der Waals surface area contributed by atoms with Crippen molar-refractivity contribution in [2.75, 3.05) is 20.3 Å². The summed E-state index contributed by atoms with van der Waals surface area (Å²) in [4.78, 5) is 0. The molecule has 0 spiro atoms. The van der Waals surface area contributed by atoms with Gasteiger partial charge >= 0.3 is 0 Å². The zero-order valence-corrected chi connectivity index (χ0v) is 9.43. The summed E-state index contributed by atoms with van der Waals surface area (Å²) in [5.41, 5.74) is 0. The van der Waals surface area contributed by atoms with Gasteiger partial charge in [0.1, 0.15) is 13.2 Å². The molecule has 0 aromatic carbocycles. The van der Waals surface area contributed by atoms with Gasteiger partial charge in [0, 0.05) is 13.2 Å². The zero-order valence-electron chi connectivity index (χ0n) is 9.43. The Morgan fingerprint density at radius 2 is 2.06 bits per heavy atom. The third-order valence-electron chi connectivity index (χ3n) is 2.55. The highest BCUT2D eigenvalue weighted by atomic mass is 16.5. The third-order valence-corrected chi connectivity index (χ3v) is 2.55. The van der Waals surface area contributed by atoms with E-state index in [2.05, 4.69) is 10.2 Å². The van der Waals surface area contributed by atoms with Crippen LogP contribution < -0.4 is 0 Å². The standard InChI is InChI=1S/C10H17N3O3/c1-15-4-5-16-7-10-12-11-9(6-14)13(10)8-2-3-8/h8,14H,2-7H2,1H3. The molecule has 1 saturated carbocycles. The van der Waals surface area contributed by atoms with Crippen molar-refractivity contribution in [2.45, 2.75) is 32.1 Å². The monoisotopic (exact) mass is 227 g/mol. The van der Waals surface area contributed by atoms with Crippen molar-refractivity contribution in [3.05, 3.63) is 11.6 Å². The minimum absolute atomic E-state index is 0.0679. The lowest BCUT2D eigenvalue weighted by atomic mass is 10.5. The van der Waals surface area contributed by atoms with Crippen LogP contribution in [0, 0.1) is 0 Å². The van der Waals surface area contributed by atoms with Crippen LogP contribution in [-0.2, 0) is 22.7 Å². The predicted molar refractivity (Wildman–Crippen MR) is 55.7 cm³/mol. The third kappa shape index (κ3) is 2.58. The van der Waals surface area contributed by atoms with E-state index in [9.17, 15) is 0 Å².